The Hall–Kier alpha value is -1.27. The topological polar surface area (TPSA) is 55.1 Å². The third-order valence-electron chi connectivity index (χ3n) is 2.38. The summed E-state index contributed by atoms with van der Waals surface area (Å²) in [7, 11) is 0. The molecule has 0 aliphatic rings. The summed E-state index contributed by atoms with van der Waals surface area (Å²) in [5.41, 5.74) is 0.737. The molecule has 100 valence electrons. The molecule has 2 aromatic rings. The Labute approximate surface area is 124 Å². The number of nitrogens with one attached hydrogen (secondary N) is 1. The molecule has 0 saturated carbocycles. The maximum Gasteiger partial charge on any atom is 0.239 e. The standard InChI is InChI=1S/C13H13BrN2O2S/c1-8-7-12(18-16-8)15-13(17)9(2)19-11-6-4-3-5-10(11)14/h3-7,9H,1-2H3,(H,15,17). The van der Waals surface area contributed by atoms with Crippen LogP contribution in [0.5, 0.6) is 0 Å². The molecule has 0 bridgehead atoms. The predicted octanol–water partition coefficient (Wildman–Crippen LogP) is 3.86. The number of carbonyl (C=O) groups is 1. The fourth-order valence-corrected chi connectivity index (χ4v) is 2.88. The van der Waals surface area contributed by atoms with Crippen LogP contribution in [0.3, 0.4) is 0 Å². The first-order chi connectivity index (χ1) is 9.06. The van der Waals surface area contributed by atoms with Crippen LogP contribution in [-0.2, 0) is 4.79 Å². The zero-order valence-corrected chi connectivity index (χ0v) is 12.9. The average molecular weight is 341 g/mol. The number of aromatic nitrogens is 1. The van der Waals surface area contributed by atoms with Crippen molar-refractivity contribution in [1.82, 2.24) is 5.16 Å². The molecule has 1 aromatic heterocycles. The molecule has 4 nitrogen and oxygen atoms in total. The minimum absolute atomic E-state index is 0.114. The van der Waals surface area contributed by atoms with E-state index in [4.69, 9.17) is 4.52 Å². The fourth-order valence-electron chi connectivity index (χ4n) is 1.43. The van der Waals surface area contributed by atoms with Crippen molar-refractivity contribution in [1.29, 1.82) is 0 Å². The van der Waals surface area contributed by atoms with Crippen molar-refractivity contribution in [2.24, 2.45) is 0 Å². The second-order valence-electron chi connectivity index (χ2n) is 4.01. The molecule has 1 N–H and O–H groups in total. The number of hydrogen-bond donors (Lipinski definition) is 1. The Balaban J connectivity index is 1.98. The first kappa shape index (κ1) is 14.1. The highest BCUT2D eigenvalue weighted by molar-refractivity contribution is 9.10. The van der Waals surface area contributed by atoms with Crippen LogP contribution in [0.25, 0.3) is 0 Å². The highest BCUT2D eigenvalue weighted by Gasteiger charge is 2.17. The summed E-state index contributed by atoms with van der Waals surface area (Å²) in [6.45, 7) is 3.65. The van der Waals surface area contributed by atoms with Crippen LogP contribution in [0.1, 0.15) is 12.6 Å². The third-order valence-corrected chi connectivity index (χ3v) is 4.52. The number of anilines is 1. The fraction of sp³-hybridized carbons (Fsp3) is 0.231. The monoisotopic (exact) mass is 340 g/mol. The van der Waals surface area contributed by atoms with Crippen molar-refractivity contribution in [2.45, 2.75) is 24.0 Å². The van der Waals surface area contributed by atoms with Crippen molar-refractivity contribution in [2.75, 3.05) is 5.32 Å². The van der Waals surface area contributed by atoms with Crippen LogP contribution in [0.4, 0.5) is 5.88 Å². The minimum atomic E-state index is -0.232. The van der Waals surface area contributed by atoms with Crippen molar-refractivity contribution < 1.29 is 9.32 Å². The van der Waals surface area contributed by atoms with E-state index in [2.05, 4.69) is 26.4 Å². The molecule has 1 aromatic carbocycles. The van der Waals surface area contributed by atoms with Gasteiger partial charge in [-0.05, 0) is 41.9 Å². The summed E-state index contributed by atoms with van der Waals surface area (Å²) in [4.78, 5) is 13.0. The van der Waals surface area contributed by atoms with E-state index in [-0.39, 0.29) is 11.2 Å². The number of benzene rings is 1. The summed E-state index contributed by atoms with van der Waals surface area (Å²) < 4.78 is 5.94. The number of aryl methyl sites for hydroxylation is 1. The Morgan fingerprint density at radius 1 is 1.47 bits per heavy atom. The number of carbonyl (C=O) groups excluding carboxylic acids is 1. The molecule has 1 heterocycles. The first-order valence-corrected chi connectivity index (χ1v) is 7.39. The zero-order valence-electron chi connectivity index (χ0n) is 10.5. The molecule has 19 heavy (non-hydrogen) atoms. The van der Waals surface area contributed by atoms with Gasteiger partial charge in [0.15, 0.2) is 0 Å². The quantitative estimate of drug-likeness (QED) is 0.858. The number of amides is 1. The maximum absolute atomic E-state index is 12.0. The molecule has 1 unspecified atom stereocenters. The van der Waals surface area contributed by atoms with E-state index in [0.717, 1.165) is 15.1 Å². The Kier molecular flexibility index (Phi) is 4.66. The van der Waals surface area contributed by atoms with Crippen LogP contribution < -0.4 is 5.32 Å². The van der Waals surface area contributed by atoms with Crippen molar-refractivity contribution in [3.63, 3.8) is 0 Å². The summed E-state index contributed by atoms with van der Waals surface area (Å²) in [5.74, 6) is 0.263. The van der Waals surface area contributed by atoms with Crippen LogP contribution in [-0.4, -0.2) is 16.3 Å². The normalized spacial score (nSPS) is 12.2. The van der Waals surface area contributed by atoms with E-state index >= 15 is 0 Å². The van der Waals surface area contributed by atoms with Crippen LogP contribution in [0.15, 0.2) is 44.2 Å². The molecule has 0 fully saturated rings. The summed E-state index contributed by atoms with van der Waals surface area (Å²) in [5, 5.41) is 6.19. The largest absolute Gasteiger partial charge is 0.338 e. The lowest BCUT2D eigenvalue weighted by molar-refractivity contribution is -0.115. The van der Waals surface area contributed by atoms with Gasteiger partial charge in [0.05, 0.1) is 10.9 Å². The smallest absolute Gasteiger partial charge is 0.239 e. The maximum atomic E-state index is 12.0. The lowest BCUT2D eigenvalue weighted by Crippen LogP contribution is -2.22. The predicted molar refractivity (Wildman–Crippen MR) is 79.3 cm³/mol. The molecule has 1 atom stereocenters. The highest BCUT2D eigenvalue weighted by atomic mass is 79.9. The van der Waals surface area contributed by atoms with Gasteiger partial charge in [0.2, 0.25) is 11.8 Å². The Bertz CT molecular complexity index is 586. The summed E-state index contributed by atoms with van der Waals surface area (Å²) in [6, 6.07) is 9.49. The van der Waals surface area contributed by atoms with Gasteiger partial charge in [-0.1, -0.05) is 17.3 Å². The van der Waals surface area contributed by atoms with E-state index < -0.39 is 0 Å². The number of rotatable bonds is 4. The van der Waals surface area contributed by atoms with Crippen LogP contribution in [0, 0.1) is 6.92 Å². The van der Waals surface area contributed by atoms with Gasteiger partial charge in [-0.2, -0.15) is 0 Å². The lowest BCUT2D eigenvalue weighted by Gasteiger charge is -2.11. The van der Waals surface area contributed by atoms with Gasteiger partial charge in [-0.15, -0.1) is 11.8 Å². The molecular formula is C13H13BrN2O2S. The molecule has 6 heteroatoms. The average Bonchev–Trinajstić information content (AvgIpc) is 2.77. The van der Waals surface area contributed by atoms with E-state index in [9.17, 15) is 4.79 Å². The Morgan fingerprint density at radius 2 is 2.21 bits per heavy atom. The minimum Gasteiger partial charge on any atom is -0.338 e. The van der Waals surface area contributed by atoms with Gasteiger partial charge < -0.3 is 4.52 Å². The number of hydrogen-bond acceptors (Lipinski definition) is 4. The SMILES string of the molecule is Cc1cc(NC(=O)C(C)Sc2ccccc2Br)on1. The van der Waals surface area contributed by atoms with Gasteiger partial charge in [0.25, 0.3) is 0 Å². The molecule has 0 saturated heterocycles. The molecule has 2 rings (SSSR count). The van der Waals surface area contributed by atoms with Gasteiger partial charge in [-0.25, -0.2) is 0 Å². The van der Waals surface area contributed by atoms with Gasteiger partial charge in [0, 0.05) is 15.4 Å². The van der Waals surface area contributed by atoms with Crippen molar-refractivity contribution in [3.8, 4) is 0 Å². The highest BCUT2D eigenvalue weighted by Crippen LogP contribution is 2.30. The number of thioether (sulfide) groups is 1. The van der Waals surface area contributed by atoms with Crippen LogP contribution >= 0.6 is 27.7 Å². The summed E-state index contributed by atoms with van der Waals surface area (Å²) >= 11 is 4.95. The van der Waals surface area contributed by atoms with Gasteiger partial charge >= 0.3 is 0 Å². The first-order valence-electron chi connectivity index (χ1n) is 5.71. The second kappa shape index (κ2) is 6.25. The van der Waals surface area contributed by atoms with Gasteiger partial charge in [0.1, 0.15) is 0 Å². The van der Waals surface area contributed by atoms with E-state index in [1.807, 2.05) is 31.2 Å². The second-order valence-corrected chi connectivity index (χ2v) is 6.25. The molecule has 0 aliphatic carbocycles. The van der Waals surface area contributed by atoms with E-state index in [1.54, 1.807) is 13.0 Å². The van der Waals surface area contributed by atoms with Crippen molar-refractivity contribution in [3.05, 3.63) is 40.5 Å². The van der Waals surface area contributed by atoms with Crippen molar-refractivity contribution >= 4 is 39.5 Å². The zero-order chi connectivity index (χ0) is 13.8. The van der Waals surface area contributed by atoms with Gasteiger partial charge in [-0.3, -0.25) is 10.1 Å². The number of nitrogens with zero attached hydrogens (tertiary/aromatic N) is 1. The lowest BCUT2D eigenvalue weighted by atomic mass is 10.4. The molecule has 0 radical (unpaired) electrons. The molecular weight excluding hydrogens is 328 g/mol. The number of halogens is 1. The molecule has 1 amide bonds. The molecule has 0 spiro atoms. The Morgan fingerprint density at radius 3 is 2.84 bits per heavy atom. The van der Waals surface area contributed by atoms with Crippen LogP contribution in [0.2, 0.25) is 0 Å². The van der Waals surface area contributed by atoms with E-state index in [0.29, 0.717) is 5.88 Å². The third kappa shape index (κ3) is 3.84. The summed E-state index contributed by atoms with van der Waals surface area (Å²) in [6.07, 6.45) is 0. The van der Waals surface area contributed by atoms with E-state index in [1.165, 1.54) is 11.8 Å². The molecule has 0 aliphatic heterocycles.